The minimum Gasteiger partial charge on any atom is -0.394 e. The molecule has 0 aromatic rings. The highest BCUT2D eigenvalue weighted by Crippen LogP contribution is 2.23. The van der Waals surface area contributed by atoms with Gasteiger partial charge in [0, 0.05) is 0 Å². The molecule has 1 aliphatic carbocycles. The van der Waals surface area contributed by atoms with Crippen molar-refractivity contribution in [2.24, 2.45) is 0 Å². The van der Waals surface area contributed by atoms with E-state index in [0.29, 0.717) is 6.42 Å². The number of aliphatic hydroxyl groups is 1. The maximum Gasteiger partial charge on any atom is 0.126 e. The summed E-state index contributed by atoms with van der Waals surface area (Å²) >= 11 is 0. The zero-order valence-corrected chi connectivity index (χ0v) is 6.63. The Hall–Kier alpha value is -0.150. The maximum absolute atomic E-state index is 13.0. The first-order chi connectivity index (χ1) is 5.34. The largest absolute Gasteiger partial charge is 0.394 e. The van der Waals surface area contributed by atoms with Crippen LogP contribution in [0.4, 0.5) is 4.39 Å². The number of halogens is 1. The number of hydrogen-bond acceptors (Lipinski definition) is 2. The third kappa shape index (κ3) is 2.75. The van der Waals surface area contributed by atoms with Crippen molar-refractivity contribution in [2.75, 3.05) is 13.2 Å². The van der Waals surface area contributed by atoms with Gasteiger partial charge in [-0.15, -0.1) is 0 Å². The van der Waals surface area contributed by atoms with Gasteiger partial charge in [-0.3, -0.25) is 0 Å². The Morgan fingerprint density at radius 2 is 2.09 bits per heavy atom. The van der Waals surface area contributed by atoms with E-state index in [0.717, 1.165) is 19.3 Å². The molecule has 0 saturated heterocycles. The molecule has 0 aromatic heterocycles. The summed E-state index contributed by atoms with van der Waals surface area (Å²) in [7, 11) is 0. The van der Waals surface area contributed by atoms with Crippen LogP contribution in [0.1, 0.15) is 25.7 Å². The van der Waals surface area contributed by atoms with Crippen molar-refractivity contribution in [3.8, 4) is 0 Å². The summed E-state index contributed by atoms with van der Waals surface area (Å²) in [5.41, 5.74) is 0. The van der Waals surface area contributed by atoms with E-state index in [1.165, 1.54) is 0 Å². The van der Waals surface area contributed by atoms with E-state index in [1.807, 2.05) is 0 Å². The van der Waals surface area contributed by atoms with E-state index in [2.05, 4.69) is 0 Å². The highest BCUT2D eigenvalue weighted by atomic mass is 19.1. The highest BCUT2D eigenvalue weighted by Gasteiger charge is 2.24. The monoisotopic (exact) mass is 162 g/mol. The summed E-state index contributed by atoms with van der Waals surface area (Å²) in [5.74, 6) is 0. The Balaban J connectivity index is 2.18. The SMILES string of the molecule is OCCO[C@@H]1CCCC[C@@H]1F. The Kier molecular flexibility index (Phi) is 3.80. The average Bonchev–Trinajstić information content (AvgIpc) is 2.03. The fourth-order valence-electron chi connectivity index (χ4n) is 1.44. The predicted molar refractivity (Wildman–Crippen MR) is 40.2 cm³/mol. The van der Waals surface area contributed by atoms with Gasteiger partial charge in [0.2, 0.25) is 0 Å². The molecule has 3 heteroatoms. The molecule has 1 fully saturated rings. The van der Waals surface area contributed by atoms with Crippen molar-refractivity contribution in [1.29, 1.82) is 0 Å². The third-order valence-electron chi connectivity index (χ3n) is 2.05. The Morgan fingerprint density at radius 1 is 1.36 bits per heavy atom. The van der Waals surface area contributed by atoms with Crippen molar-refractivity contribution in [2.45, 2.75) is 38.0 Å². The van der Waals surface area contributed by atoms with Gasteiger partial charge in [-0.25, -0.2) is 4.39 Å². The van der Waals surface area contributed by atoms with Gasteiger partial charge in [0.1, 0.15) is 6.17 Å². The summed E-state index contributed by atoms with van der Waals surface area (Å²) in [6.45, 7) is 0.258. The smallest absolute Gasteiger partial charge is 0.126 e. The van der Waals surface area contributed by atoms with Crippen LogP contribution in [0.3, 0.4) is 0 Å². The van der Waals surface area contributed by atoms with Crippen LogP contribution in [0.2, 0.25) is 0 Å². The number of ether oxygens (including phenoxy) is 1. The molecule has 0 aromatic carbocycles. The minimum atomic E-state index is -0.810. The molecule has 0 bridgehead atoms. The molecule has 1 rings (SSSR count). The molecular formula is C8H15FO2. The maximum atomic E-state index is 13.0. The van der Waals surface area contributed by atoms with Gasteiger partial charge in [-0.05, 0) is 12.8 Å². The molecule has 0 heterocycles. The minimum absolute atomic E-state index is 0.0107. The first-order valence-corrected chi connectivity index (χ1v) is 4.21. The molecule has 0 amide bonds. The number of alkyl halides is 1. The molecule has 0 unspecified atom stereocenters. The third-order valence-corrected chi connectivity index (χ3v) is 2.05. The molecule has 2 atom stereocenters. The summed E-state index contributed by atoms with van der Waals surface area (Å²) in [5, 5.41) is 8.44. The van der Waals surface area contributed by atoms with Crippen LogP contribution in [-0.4, -0.2) is 30.6 Å². The number of rotatable bonds is 3. The van der Waals surface area contributed by atoms with Crippen molar-refractivity contribution < 1.29 is 14.2 Å². The number of hydrogen-bond donors (Lipinski definition) is 1. The van der Waals surface area contributed by atoms with Gasteiger partial charge >= 0.3 is 0 Å². The van der Waals surface area contributed by atoms with Crippen molar-refractivity contribution in [3.63, 3.8) is 0 Å². The molecule has 0 radical (unpaired) electrons. The van der Waals surface area contributed by atoms with Crippen molar-refractivity contribution in [1.82, 2.24) is 0 Å². The van der Waals surface area contributed by atoms with Gasteiger partial charge < -0.3 is 9.84 Å². The first kappa shape index (κ1) is 8.94. The molecule has 66 valence electrons. The van der Waals surface area contributed by atoms with Crippen LogP contribution in [0, 0.1) is 0 Å². The van der Waals surface area contributed by atoms with Crippen LogP contribution < -0.4 is 0 Å². The van der Waals surface area contributed by atoms with E-state index >= 15 is 0 Å². The lowest BCUT2D eigenvalue weighted by Gasteiger charge is -2.25. The second-order valence-corrected chi connectivity index (χ2v) is 2.93. The second kappa shape index (κ2) is 4.67. The standard InChI is InChI=1S/C8H15FO2/c9-7-3-1-2-4-8(7)11-6-5-10/h7-8,10H,1-6H2/t7-,8+/m0/s1. The molecule has 1 aliphatic rings. The second-order valence-electron chi connectivity index (χ2n) is 2.93. The molecule has 1 saturated carbocycles. The summed E-state index contributed by atoms with van der Waals surface area (Å²) in [6.07, 6.45) is 2.39. The van der Waals surface area contributed by atoms with Crippen LogP contribution in [0.15, 0.2) is 0 Å². The van der Waals surface area contributed by atoms with Gasteiger partial charge in [0.25, 0.3) is 0 Å². The van der Waals surface area contributed by atoms with E-state index in [-0.39, 0.29) is 19.3 Å². The van der Waals surface area contributed by atoms with E-state index in [9.17, 15) is 4.39 Å². The van der Waals surface area contributed by atoms with E-state index in [4.69, 9.17) is 9.84 Å². The topological polar surface area (TPSA) is 29.5 Å². The van der Waals surface area contributed by atoms with Crippen LogP contribution >= 0.6 is 0 Å². The molecule has 0 aliphatic heterocycles. The van der Waals surface area contributed by atoms with Gasteiger partial charge in [0.05, 0.1) is 19.3 Å². The summed E-state index contributed by atoms with van der Waals surface area (Å²) in [4.78, 5) is 0. The fraction of sp³-hybridized carbons (Fsp3) is 1.00. The quantitative estimate of drug-likeness (QED) is 0.677. The Labute approximate surface area is 66.4 Å². The van der Waals surface area contributed by atoms with Gasteiger partial charge in [-0.2, -0.15) is 0 Å². The average molecular weight is 162 g/mol. The molecule has 2 nitrogen and oxygen atoms in total. The van der Waals surface area contributed by atoms with Crippen LogP contribution in [0.25, 0.3) is 0 Å². The first-order valence-electron chi connectivity index (χ1n) is 4.21. The van der Waals surface area contributed by atoms with Crippen LogP contribution in [0.5, 0.6) is 0 Å². The number of aliphatic hydroxyl groups excluding tert-OH is 1. The summed E-state index contributed by atoms with van der Waals surface area (Å²) < 4.78 is 18.1. The normalized spacial score (nSPS) is 32.2. The molecule has 0 spiro atoms. The fourth-order valence-corrected chi connectivity index (χ4v) is 1.44. The van der Waals surface area contributed by atoms with E-state index < -0.39 is 6.17 Å². The van der Waals surface area contributed by atoms with Crippen LogP contribution in [-0.2, 0) is 4.74 Å². The predicted octanol–water partition coefficient (Wildman–Crippen LogP) is 1.28. The van der Waals surface area contributed by atoms with Crippen molar-refractivity contribution in [3.05, 3.63) is 0 Å². The zero-order chi connectivity index (χ0) is 8.10. The molecular weight excluding hydrogens is 147 g/mol. The zero-order valence-electron chi connectivity index (χ0n) is 6.63. The molecule has 1 N–H and O–H groups in total. The Morgan fingerprint density at radius 3 is 2.73 bits per heavy atom. The van der Waals surface area contributed by atoms with Crippen molar-refractivity contribution >= 4 is 0 Å². The summed E-state index contributed by atoms with van der Waals surface area (Å²) in [6, 6.07) is 0. The lowest BCUT2D eigenvalue weighted by atomic mass is 9.96. The van der Waals surface area contributed by atoms with E-state index in [1.54, 1.807) is 0 Å². The lowest BCUT2D eigenvalue weighted by Crippen LogP contribution is -2.29. The van der Waals surface area contributed by atoms with Gasteiger partial charge in [0.15, 0.2) is 0 Å². The van der Waals surface area contributed by atoms with Gasteiger partial charge in [-0.1, -0.05) is 12.8 Å². The molecule has 11 heavy (non-hydrogen) atoms. The lowest BCUT2D eigenvalue weighted by molar-refractivity contribution is -0.0361. The highest BCUT2D eigenvalue weighted by molar-refractivity contribution is 4.74. The Bertz CT molecular complexity index is 108.